The Labute approximate surface area is 208 Å². The molecule has 35 heavy (non-hydrogen) atoms. The van der Waals surface area contributed by atoms with E-state index in [1.807, 2.05) is 6.92 Å². The highest BCUT2D eigenvalue weighted by atomic mass is 16.5. The Kier molecular flexibility index (Phi) is 17.6. The molecule has 2 unspecified atom stereocenters. The molecule has 0 aliphatic carbocycles. The summed E-state index contributed by atoms with van der Waals surface area (Å²) in [5.41, 5.74) is 0. The van der Waals surface area contributed by atoms with Crippen LogP contribution in [0.15, 0.2) is 0 Å². The topological polar surface area (TPSA) is 141 Å². The van der Waals surface area contributed by atoms with E-state index in [2.05, 4.69) is 16.0 Å². The second kappa shape index (κ2) is 20.0. The van der Waals surface area contributed by atoms with Gasteiger partial charge in [0.05, 0.1) is 33.0 Å². The Bertz CT molecular complexity index is 632. The standard InChI is InChI=1S/C24H43N3O8/c1-3-7-21(28)25-10-15-32-11-5-4-6-12-33-16-17-34-13-9-22(29)26-19(2)18-23(30)27-20-8-14-35-24(20)31/h19-20H,3-18H2,1-2H3,(H,25,28)(H,26,29)(H,27,30). The first-order valence-corrected chi connectivity index (χ1v) is 12.7. The largest absolute Gasteiger partial charge is 0.464 e. The van der Waals surface area contributed by atoms with E-state index in [1.54, 1.807) is 6.92 Å². The zero-order valence-electron chi connectivity index (χ0n) is 21.2. The molecule has 0 bridgehead atoms. The number of amides is 3. The maximum absolute atomic E-state index is 11.9. The maximum Gasteiger partial charge on any atom is 0.328 e. The quantitative estimate of drug-likeness (QED) is 0.155. The van der Waals surface area contributed by atoms with Crippen LogP contribution in [0.25, 0.3) is 0 Å². The first kappa shape index (κ1) is 30.8. The smallest absolute Gasteiger partial charge is 0.328 e. The number of cyclic esters (lactones) is 1. The Morgan fingerprint density at radius 3 is 2.26 bits per heavy atom. The van der Waals surface area contributed by atoms with E-state index in [4.69, 9.17) is 18.9 Å². The van der Waals surface area contributed by atoms with E-state index in [1.165, 1.54) is 0 Å². The predicted octanol–water partition coefficient (Wildman–Crippen LogP) is 0.839. The summed E-state index contributed by atoms with van der Waals surface area (Å²) in [4.78, 5) is 46.6. The average Bonchev–Trinajstić information content (AvgIpc) is 3.20. The van der Waals surface area contributed by atoms with Gasteiger partial charge in [0.1, 0.15) is 6.04 Å². The van der Waals surface area contributed by atoms with Gasteiger partial charge >= 0.3 is 5.97 Å². The lowest BCUT2D eigenvalue weighted by Gasteiger charge is -2.15. The molecule has 0 radical (unpaired) electrons. The zero-order chi connectivity index (χ0) is 25.7. The van der Waals surface area contributed by atoms with Crippen LogP contribution in [0, 0.1) is 0 Å². The van der Waals surface area contributed by atoms with Gasteiger partial charge in [0.15, 0.2) is 0 Å². The molecule has 0 spiro atoms. The molecule has 1 aliphatic heterocycles. The molecule has 1 heterocycles. The lowest BCUT2D eigenvalue weighted by Crippen LogP contribution is -2.42. The van der Waals surface area contributed by atoms with E-state index in [9.17, 15) is 19.2 Å². The fourth-order valence-corrected chi connectivity index (χ4v) is 3.31. The Morgan fingerprint density at radius 2 is 1.60 bits per heavy atom. The van der Waals surface area contributed by atoms with Gasteiger partial charge in [0, 0.05) is 51.5 Å². The van der Waals surface area contributed by atoms with Gasteiger partial charge < -0.3 is 34.9 Å². The third-order valence-electron chi connectivity index (χ3n) is 5.14. The fraction of sp³-hybridized carbons (Fsp3) is 0.833. The number of ether oxygens (including phenoxy) is 4. The number of hydrogen-bond donors (Lipinski definition) is 3. The molecular weight excluding hydrogens is 458 g/mol. The van der Waals surface area contributed by atoms with Crippen LogP contribution in [0.5, 0.6) is 0 Å². The van der Waals surface area contributed by atoms with Crippen LogP contribution in [-0.2, 0) is 38.1 Å². The second-order valence-electron chi connectivity index (χ2n) is 8.50. The highest BCUT2D eigenvalue weighted by molar-refractivity contribution is 5.86. The summed E-state index contributed by atoms with van der Waals surface area (Å²) in [6.07, 6.45) is 5.06. The molecule has 1 saturated heterocycles. The third-order valence-corrected chi connectivity index (χ3v) is 5.14. The van der Waals surface area contributed by atoms with Crippen LogP contribution < -0.4 is 16.0 Å². The molecule has 1 aliphatic rings. The monoisotopic (exact) mass is 501 g/mol. The molecule has 0 aromatic rings. The SMILES string of the molecule is CCCC(=O)NCCOCCCCCOCCOCCC(=O)NC(C)CC(=O)NC1CCOC1=O. The number of carbonyl (C=O) groups excluding carboxylic acids is 4. The zero-order valence-corrected chi connectivity index (χ0v) is 21.2. The second-order valence-corrected chi connectivity index (χ2v) is 8.50. The lowest BCUT2D eigenvalue weighted by molar-refractivity contribution is -0.141. The Balaban J connectivity index is 1.84. The van der Waals surface area contributed by atoms with E-state index < -0.39 is 12.0 Å². The summed E-state index contributed by atoms with van der Waals surface area (Å²) >= 11 is 0. The molecule has 0 saturated carbocycles. The molecule has 3 N–H and O–H groups in total. The molecule has 1 fully saturated rings. The first-order valence-electron chi connectivity index (χ1n) is 12.7. The molecular formula is C24H43N3O8. The van der Waals surface area contributed by atoms with Crippen molar-refractivity contribution in [3.63, 3.8) is 0 Å². The van der Waals surface area contributed by atoms with Crippen molar-refractivity contribution >= 4 is 23.7 Å². The minimum Gasteiger partial charge on any atom is -0.464 e. The van der Waals surface area contributed by atoms with Gasteiger partial charge in [-0.05, 0) is 32.6 Å². The molecule has 11 nitrogen and oxygen atoms in total. The fourth-order valence-electron chi connectivity index (χ4n) is 3.31. The molecule has 3 amide bonds. The Morgan fingerprint density at radius 1 is 0.914 bits per heavy atom. The number of carbonyl (C=O) groups is 4. The van der Waals surface area contributed by atoms with Crippen molar-refractivity contribution in [2.45, 2.75) is 77.3 Å². The van der Waals surface area contributed by atoms with Gasteiger partial charge in [-0.15, -0.1) is 0 Å². The molecule has 11 heteroatoms. The van der Waals surface area contributed by atoms with Crippen molar-refractivity contribution in [1.82, 2.24) is 16.0 Å². The molecule has 2 atom stereocenters. The van der Waals surface area contributed by atoms with Gasteiger partial charge in [-0.1, -0.05) is 6.92 Å². The molecule has 1 rings (SSSR count). The summed E-state index contributed by atoms with van der Waals surface area (Å²) in [6.45, 7) is 7.60. The number of nitrogens with one attached hydrogen (secondary N) is 3. The molecule has 0 aromatic heterocycles. The summed E-state index contributed by atoms with van der Waals surface area (Å²) in [5.74, 6) is -0.835. The minimum atomic E-state index is -0.586. The summed E-state index contributed by atoms with van der Waals surface area (Å²) in [5, 5.41) is 8.17. The predicted molar refractivity (Wildman–Crippen MR) is 129 cm³/mol. The lowest BCUT2D eigenvalue weighted by atomic mass is 10.2. The summed E-state index contributed by atoms with van der Waals surface area (Å²) in [7, 11) is 0. The number of hydrogen-bond acceptors (Lipinski definition) is 8. The number of unbranched alkanes of at least 4 members (excludes halogenated alkanes) is 2. The van der Waals surface area contributed by atoms with Crippen molar-refractivity contribution in [3.8, 4) is 0 Å². The van der Waals surface area contributed by atoms with Gasteiger partial charge in [0.25, 0.3) is 0 Å². The highest BCUT2D eigenvalue weighted by Gasteiger charge is 2.28. The van der Waals surface area contributed by atoms with Crippen LogP contribution in [0.2, 0.25) is 0 Å². The van der Waals surface area contributed by atoms with Crippen LogP contribution in [-0.4, -0.2) is 88.6 Å². The summed E-state index contributed by atoms with van der Waals surface area (Å²) < 4.78 is 21.2. The van der Waals surface area contributed by atoms with Crippen LogP contribution in [0.3, 0.4) is 0 Å². The van der Waals surface area contributed by atoms with Gasteiger partial charge in [0.2, 0.25) is 17.7 Å². The molecule has 0 aromatic carbocycles. The number of esters is 1. The van der Waals surface area contributed by atoms with Crippen LogP contribution in [0.4, 0.5) is 0 Å². The number of rotatable bonds is 21. The van der Waals surface area contributed by atoms with Gasteiger partial charge in [-0.2, -0.15) is 0 Å². The van der Waals surface area contributed by atoms with Crippen molar-refractivity contribution in [3.05, 3.63) is 0 Å². The van der Waals surface area contributed by atoms with Crippen LogP contribution in [0.1, 0.15) is 65.2 Å². The Hall–Kier alpha value is -2.24. The van der Waals surface area contributed by atoms with Crippen molar-refractivity contribution < 1.29 is 38.1 Å². The van der Waals surface area contributed by atoms with E-state index >= 15 is 0 Å². The van der Waals surface area contributed by atoms with Crippen molar-refractivity contribution in [1.29, 1.82) is 0 Å². The van der Waals surface area contributed by atoms with E-state index in [0.717, 1.165) is 25.7 Å². The normalized spacial score (nSPS) is 15.9. The average molecular weight is 502 g/mol. The van der Waals surface area contributed by atoms with Crippen molar-refractivity contribution in [2.75, 3.05) is 52.8 Å². The van der Waals surface area contributed by atoms with Crippen molar-refractivity contribution in [2.24, 2.45) is 0 Å². The molecule has 202 valence electrons. The minimum absolute atomic E-state index is 0.0718. The first-order chi connectivity index (χ1) is 16.9. The summed E-state index contributed by atoms with van der Waals surface area (Å²) in [6, 6.07) is -0.933. The highest BCUT2D eigenvalue weighted by Crippen LogP contribution is 2.06. The third kappa shape index (κ3) is 16.9. The van der Waals surface area contributed by atoms with Gasteiger partial charge in [-0.25, -0.2) is 4.79 Å². The van der Waals surface area contributed by atoms with Gasteiger partial charge in [-0.3, -0.25) is 14.4 Å². The maximum atomic E-state index is 11.9. The van der Waals surface area contributed by atoms with E-state index in [0.29, 0.717) is 59.0 Å². The van der Waals surface area contributed by atoms with Crippen LogP contribution >= 0.6 is 0 Å². The van der Waals surface area contributed by atoms with E-state index in [-0.39, 0.29) is 43.2 Å².